The minimum Gasteiger partial charge on any atom is -0.481 e. The van der Waals surface area contributed by atoms with Crippen molar-refractivity contribution in [1.82, 2.24) is 14.8 Å². The molecule has 2 heterocycles. The van der Waals surface area contributed by atoms with Crippen LogP contribution in [0.1, 0.15) is 9.75 Å². The van der Waals surface area contributed by atoms with Crippen molar-refractivity contribution in [3.63, 3.8) is 0 Å². The smallest absolute Gasteiger partial charge is 0.344 e. The van der Waals surface area contributed by atoms with Crippen molar-refractivity contribution >= 4 is 29.1 Å². The Balaban J connectivity index is 2.18. The molecule has 0 fully saturated rings. The third kappa shape index (κ3) is 3.02. The van der Waals surface area contributed by atoms with Crippen LogP contribution in [-0.4, -0.2) is 31.6 Å². The van der Waals surface area contributed by atoms with Gasteiger partial charge in [-0.2, -0.15) is 0 Å². The molecule has 0 aliphatic carbocycles. The van der Waals surface area contributed by atoms with Crippen molar-refractivity contribution in [2.45, 2.75) is 18.6 Å². The third-order valence-electron chi connectivity index (χ3n) is 2.16. The van der Waals surface area contributed by atoms with E-state index in [4.69, 9.17) is 5.11 Å². The van der Waals surface area contributed by atoms with E-state index in [0.29, 0.717) is 11.7 Å². The number of aliphatic carboxylic acids is 1. The predicted molar refractivity (Wildman–Crippen MR) is 69.4 cm³/mol. The van der Waals surface area contributed by atoms with Crippen LogP contribution in [0.5, 0.6) is 0 Å². The van der Waals surface area contributed by atoms with Gasteiger partial charge >= 0.3 is 11.7 Å². The minimum atomic E-state index is -0.936. The lowest BCUT2D eigenvalue weighted by molar-refractivity contribution is -0.133. The van der Waals surface area contributed by atoms with Crippen molar-refractivity contribution in [2.24, 2.45) is 0 Å². The molecule has 2 aromatic heterocycles. The highest BCUT2D eigenvalue weighted by atomic mass is 32.2. The highest BCUT2D eigenvalue weighted by Crippen LogP contribution is 2.19. The van der Waals surface area contributed by atoms with Gasteiger partial charge in [0.15, 0.2) is 5.16 Å². The number of aryl methyl sites for hydroxylation is 1. The molecule has 8 heteroatoms. The number of hydrogen-bond acceptors (Lipinski definition) is 5. The minimum absolute atomic E-state index is 0.117. The average Bonchev–Trinajstić information content (AvgIpc) is 2.85. The summed E-state index contributed by atoms with van der Waals surface area (Å²) in [6.45, 7) is 2.40. The van der Waals surface area contributed by atoms with Crippen LogP contribution in [0.25, 0.3) is 0 Å². The first-order valence-corrected chi connectivity index (χ1v) is 6.91. The molecule has 2 aromatic rings. The second-order valence-corrected chi connectivity index (χ2v) is 5.91. The summed E-state index contributed by atoms with van der Waals surface area (Å²) in [6.07, 6.45) is 0. The maximum atomic E-state index is 11.6. The Kier molecular flexibility index (Phi) is 3.87. The van der Waals surface area contributed by atoms with Gasteiger partial charge in [-0.3, -0.25) is 9.36 Å². The number of carboxylic acids is 1. The lowest BCUT2D eigenvalue weighted by Crippen LogP contribution is -2.18. The van der Waals surface area contributed by atoms with Crippen LogP contribution < -0.4 is 5.69 Å². The van der Waals surface area contributed by atoms with E-state index < -0.39 is 5.97 Å². The van der Waals surface area contributed by atoms with E-state index in [2.05, 4.69) is 10.2 Å². The number of nitrogens with zero attached hydrogens (tertiary/aromatic N) is 2. The van der Waals surface area contributed by atoms with Gasteiger partial charge in [0.1, 0.15) is 0 Å². The molecule has 96 valence electrons. The second kappa shape index (κ2) is 5.40. The number of aromatic nitrogens is 3. The number of H-pyrrole nitrogens is 1. The number of aromatic amines is 1. The lowest BCUT2D eigenvalue weighted by atomic mass is 10.4. The van der Waals surface area contributed by atoms with Crippen LogP contribution in [0.3, 0.4) is 0 Å². The zero-order valence-electron chi connectivity index (χ0n) is 9.54. The van der Waals surface area contributed by atoms with E-state index in [1.807, 2.05) is 19.1 Å². The van der Waals surface area contributed by atoms with E-state index in [9.17, 15) is 9.59 Å². The molecule has 18 heavy (non-hydrogen) atoms. The van der Waals surface area contributed by atoms with Gasteiger partial charge in [0.05, 0.1) is 12.3 Å². The molecular formula is C10H11N3O3S2. The molecule has 0 saturated carbocycles. The van der Waals surface area contributed by atoms with Crippen molar-refractivity contribution in [2.75, 3.05) is 5.75 Å². The van der Waals surface area contributed by atoms with E-state index in [-0.39, 0.29) is 11.4 Å². The molecule has 0 atom stereocenters. The predicted octanol–water partition coefficient (Wildman–Crippen LogP) is 1.17. The summed E-state index contributed by atoms with van der Waals surface area (Å²) < 4.78 is 1.44. The number of carbonyl (C=O) groups is 1. The van der Waals surface area contributed by atoms with E-state index >= 15 is 0 Å². The molecule has 0 aromatic carbocycles. The van der Waals surface area contributed by atoms with Gasteiger partial charge in [-0.1, -0.05) is 11.8 Å². The summed E-state index contributed by atoms with van der Waals surface area (Å²) in [5.74, 6) is -1.05. The third-order valence-corrected chi connectivity index (χ3v) is 4.10. The molecule has 0 amide bonds. The van der Waals surface area contributed by atoms with Crippen LogP contribution >= 0.6 is 23.1 Å². The van der Waals surface area contributed by atoms with E-state index in [0.717, 1.165) is 16.6 Å². The molecule has 2 rings (SSSR count). The van der Waals surface area contributed by atoms with Crippen molar-refractivity contribution in [1.29, 1.82) is 0 Å². The highest BCUT2D eigenvalue weighted by molar-refractivity contribution is 7.99. The molecule has 0 radical (unpaired) electrons. The summed E-state index contributed by atoms with van der Waals surface area (Å²) in [7, 11) is 0. The summed E-state index contributed by atoms with van der Waals surface area (Å²) >= 11 is 2.63. The molecule has 0 aliphatic rings. The monoisotopic (exact) mass is 285 g/mol. The van der Waals surface area contributed by atoms with Crippen molar-refractivity contribution in [3.05, 3.63) is 32.4 Å². The average molecular weight is 285 g/mol. The molecule has 6 nitrogen and oxygen atoms in total. The van der Waals surface area contributed by atoms with Gasteiger partial charge < -0.3 is 5.11 Å². The SMILES string of the molecule is Cc1ccc(Cn2c(SCC(=O)O)n[nH]c2=O)s1. The molecular weight excluding hydrogens is 274 g/mol. The summed E-state index contributed by atoms with van der Waals surface area (Å²) in [5, 5.41) is 15.2. The molecule has 0 aliphatic heterocycles. The second-order valence-electron chi connectivity index (χ2n) is 3.59. The van der Waals surface area contributed by atoms with Gasteiger partial charge in [-0.05, 0) is 19.1 Å². The Hall–Kier alpha value is -1.54. The fraction of sp³-hybridized carbons (Fsp3) is 0.300. The Bertz CT molecular complexity index is 614. The van der Waals surface area contributed by atoms with Crippen molar-refractivity contribution in [3.8, 4) is 0 Å². The number of nitrogens with one attached hydrogen (secondary N) is 1. The van der Waals surface area contributed by atoms with Crippen LogP contribution in [-0.2, 0) is 11.3 Å². The number of carboxylic acid groups (broad SMARTS) is 1. The van der Waals surface area contributed by atoms with Crippen LogP contribution in [0.15, 0.2) is 22.1 Å². The van der Waals surface area contributed by atoms with E-state index in [1.54, 1.807) is 11.3 Å². The summed E-state index contributed by atoms with van der Waals surface area (Å²) in [5.41, 5.74) is -0.325. The molecule has 0 spiro atoms. The van der Waals surface area contributed by atoms with Gasteiger partial charge in [0.2, 0.25) is 0 Å². The Morgan fingerprint density at radius 1 is 1.61 bits per heavy atom. The number of hydrogen-bond donors (Lipinski definition) is 2. The fourth-order valence-corrected chi connectivity index (χ4v) is 2.95. The van der Waals surface area contributed by atoms with Crippen molar-refractivity contribution < 1.29 is 9.90 Å². The maximum absolute atomic E-state index is 11.6. The fourth-order valence-electron chi connectivity index (χ4n) is 1.41. The molecule has 2 N–H and O–H groups in total. The van der Waals surface area contributed by atoms with Crippen LogP contribution in [0, 0.1) is 6.92 Å². The maximum Gasteiger partial charge on any atom is 0.344 e. The number of thioether (sulfide) groups is 1. The van der Waals surface area contributed by atoms with Gasteiger partial charge in [0.25, 0.3) is 0 Å². The standard InChI is InChI=1S/C10H11N3O3S2/c1-6-2-3-7(18-6)4-13-9(16)11-12-10(13)17-5-8(14)15/h2-3H,4-5H2,1H3,(H,11,16)(H,14,15). The van der Waals surface area contributed by atoms with Crippen LogP contribution in [0.4, 0.5) is 0 Å². The van der Waals surface area contributed by atoms with E-state index in [1.165, 1.54) is 9.44 Å². The number of rotatable bonds is 5. The normalized spacial score (nSPS) is 10.7. The Labute approximate surface area is 111 Å². The first-order valence-electron chi connectivity index (χ1n) is 5.11. The molecule has 0 bridgehead atoms. The molecule has 0 unspecified atom stereocenters. The van der Waals surface area contributed by atoms with Gasteiger partial charge in [0, 0.05) is 9.75 Å². The quantitative estimate of drug-likeness (QED) is 0.805. The first-order chi connectivity index (χ1) is 8.56. The molecule has 0 saturated heterocycles. The lowest BCUT2D eigenvalue weighted by Gasteiger charge is -2.02. The number of thiophene rings is 1. The topological polar surface area (TPSA) is 88.0 Å². The zero-order valence-corrected chi connectivity index (χ0v) is 11.2. The highest BCUT2D eigenvalue weighted by Gasteiger charge is 2.11. The van der Waals surface area contributed by atoms with Gasteiger partial charge in [-0.25, -0.2) is 9.89 Å². The summed E-state index contributed by atoms with van der Waals surface area (Å²) in [4.78, 5) is 24.3. The summed E-state index contributed by atoms with van der Waals surface area (Å²) in [6, 6.07) is 3.93. The van der Waals surface area contributed by atoms with Gasteiger partial charge in [-0.15, -0.1) is 16.4 Å². The first kappa shape index (κ1) is 12.9. The Morgan fingerprint density at radius 2 is 2.39 bits per heavy atom. The van der Waals surface area contributed by atoms with Crippen LogP contribution in [0.2, 0.25) is 0 Å². The zero-order chi connectivity index (χ0) is 13.1. The largest absolute Gasteiger partial charge is 0.481 e. The Morgan fingerprint density at radius 3 is 3.00 bits per heavy atom.